The zero-order valence-corrected chi connectivity index (χ0v) is 27.4. The van der Waals surface area contributed by atoms with Gasteiger partial charge in [0.25, 0.3) is 5.91 Å². The number of methoxy groups -OCH3 is 2. The number of nitrogens with one attached hydrogen (secondary N) is 1. The third-order valence-electron chi connectivity index (χ3n) is 8.52. The lowest BCUT2D eigenvalue weighted by Gasteiger charge is -2.24. The van der Waals surface area contributed by atoms with Crippen LogP contribution in [0, 0.1) is 0 Å². The molecule has 0 bridgehead atoms. The molecule has 12 heteroatoms. The first kappa shape index (κ1) is 34.4. The molecule has 5 rings (SSSR count). The van der Waals surface area contributed by atoms with Gasteiger partial charge in [0.15, 0.2) is 18.5 Å². The van der Waals surface area contributed by atoms with E-state index in [1.165, 1.54) is 12.0 Å². The number of aliphatic carboxylic acids is 1. The first-order chi connectivity index (χ1) is 23.3. The Morgan fingerprint density at radius 2 is 1.71 bits per heavy atom. The lowest BCUT2D eigenvalue weighted by molar-refractivity contribution is -0.142. The van der Waals surface area contributed by atoms with E-state index in [1.54, 1.807) is 18.1 Å². The summed E-state index contributed by atoms with van der Waals surface area (Å²) in [5, 5.41) is 12.6. The van der Waals surface area contributed by atoms with Gasteiger partial charge in [-0.05, 0) is 49.8 Å². The van der Waals surface area contributed by atoms with Crippen molar-refractivity contribution in [2.24, 2.45) is 0 Å². The van der Waals surface area contributed by atoms with Gasteiger partial charge in [0.05, 0.1) is 33.3 Å². The van der Waals surface area contributed by atoms with Crippen LogP contribution in [-0.4, -0.2) is 83.4 Å². The number of carboxylic acid groups (broad SMARTS) is 1. The summed E-state index contributed by atoms with van der Waals surface area (Å²) in [5.41, 5.74) is 1.69. The number of carbonyl (C=O) groups excluding carboxylic acids is 2. The van der Waals surface area contributed by atoms with Crippen LogP contribution in [0.15, 0.2) is 72.8 Å². The SMILES string of the molecule is COc1ccc(CN2CCCCCC=CCCC(C(=O)O)NC(=O)C3CC(Oc4cc(OC)nc(-c5ccccc5)n4)C[N+]3C2=O)cc1. The molecule has 2 aliphatic rings. The Morgan fingerprint density at radius 3 is 2.44 bits per heavy atom. The molecule has 1 aromatic heterocycles. The largest absolute Gasteiger partial charge is 0.497 e. The van der Waals surface area contributed by atoms with Crippen LogP contribution in [0.4, 0.5) is 4.79 Å². The highest BCUT2D eigenvalue weighted by atomic mass is 16.5. The average Bonchev–Trinajstić information content (AvgIpc) is 3.53. The van der Waals surface area contributed by atoms with Crippen molar-refractivity contribution in [2.75, 3.05) is 27.3 Å². The van der Waals surface area contributed by atoms with Gasteiger partial charge in [-0.25, -0.2) is 9.59 Å². The fourth-order valence-corrected chi connectivity index (χ4v) is 5.94. The number of carbonyl (C=O) groups is 3. The van der Waals surface area contributed by atoms with E-state index in [9.17, 15) is 19.5 Å². The quantitative estimate of drug-likeness (QED) is 0.255. The van der Waals surface area contributed by atoms with Crippen LogP contribution >= 0.6 is 0 Å². The van der Waals surface area contributed by atoms with Crippen LogP contribution in [0.25, 0.3) is 11.4 Å². The molecule has 3 heterocycles. The van der Waals surface area contributed by atoms with Gasteiger partial charge < -0.3 is 24.6 Å². The van der Waals surface area contributed by atoms with E-state index >= 15 is 0 Å². The second kappa shape index (κ2) is 16.7. The van der Waals surface area contributed by atoms with Gasteiger partial charge in [-0.1, -0.05) is 65.9 Å². The highest BCUT2D eigenvalue weighted by molar-refractivity contribution is 5.92. The summed E-state index contributed by atoms with van der Waals surface area (Å²) in [5.74, 6) is 0.0127. The van der Waals surface area contributed by atoms with Crippen LogP contribution in [0.1, 0.15) is 50.5 Å². The molecule has 0 saturated carbocycles. The third kappa shape index (κ3) is 9.09. The maximum Gasteiger partial charge on any atom is 0.468 e. The summed E-state index contributed by atoms with van der Waals surface area (Å²) < 4.78 is 17.0. The van der Waals surface area contributed by atoms with E-state index in [0.29, 0.717) is 37.0 Å². The molecule has 12 nitrogen and oxygen atoms in total. The van der Waals surface area contributed by atoms with Crippen LogP contribution in [-0.2, 0) is 16.1 Å². The molecule has 1 fully saturated rings. The number of fused-ring (bicyclic) bond motifs is 1. The number of hydrogen-bond donors (Lipinski definition) is 2. The van der Waals surface area contributed by atoms with Gasteiger partial charge in [-0.2, -0.15) is 9.97 Å². The zero-order valence-electron chi connectivity index (χ0n) is 27.4. The second-order valence-corrected chi connectivity index (χ2v) is 11.9. The second-order valence-electron chi connectivity index (χ2n) is 11.9. The molecule has 3 unspecified atom stereocenters. The number of urea groups is 1. The number of amides is 3. The van der Waals surface area contributed by atoms with E-state index in [2.05, 4.69) is 21.4 Å². The van der Waals surface area contributed by atoms with Crippen LogP contribution < -0.4 is 24.4 Å². The lowest BCUT2D eigenvalue weighted by atomic mass is 10.1. The minimum atomic E-state index is -1.12. The molecule has 2 aliphatic heterocycles. The van der Waals surface area contributed by atoms with Crippen molar-refractivity contribution < 1.29 is 33.7 Å². The van der Waals surface area contributed by atoms with Crippen molar-refractivity contribution in [3.63, 3.8) is 0 Å². The number of benzene rings is 2. The normalized spacial score (nSPS) is 21.3. The minimum Gasteiger partial charge on any atom is -0.497 e. The van der Waals surface area contributed by atoms with E-state index in [-0.39, 0.29) is 31.3 Å². The molecule has 2 N–H and O–H groups in total. The van der Waals surface area contributed by atoms with Crippen molar-refractivity contribution in [2.45, 2.75) is 69.7 Å². The van der Waals surface area contributed by atoms with Gasteiger partial charge >= 0.3 is 12.0 Å². The average molecular weight is 658 g/mol. The summed E-state index contributed by atoms with van der Waals surface area (Å²) >= 11 is 0. The topological polar surface area (TPSA) is 146 Å². The van der Waals surface area contributed by atoms with Crippen LogP contribution in [0.3, 0.4) is 0 Å². The summed E-state index contributed by atoms with van der Waals surface area (Å²) in [7, 11) is 3.11. The Labute approximate surface area is 280 Å². The Balaban J connectivity index is 1.44. The van der Waals surface area contributed by atoms with Gasteiger partial charge in [0.2, 0.25) is 17.8 Å². The van der Waals surface area contributed by atoms with Crippen LogP contribution in [0.5, 0.6) is 17.5 Å². The van der Waals surface area contributed by atoms with Crippen molar-refractivity contribution in [3.05, 3.63) is 78.4 Å². The molecule has 0 spiro atoms. The maximum atomic E-state index is 14.4. The van der Waals surface area contributed by atoms with Gasteiger partial charge in [0.1, 0.15) is 11.8 Å². The Morgan fingerprint density at radius 1 is 0.958 bits per heavy atom. The molecule has 1 saturated heterocycles. The maximum absolute atomic E-state index is 14.4. The van der Waals surface area contributed by atoms with Crippen molar-refractivity contribution in [1.82, 2.24) is 25.1 Å². The summed E-state index contributed by atoms with van der Waals surface area (Å²) in [6, 6.07) is 16.1. The third-order valence-corrected chi connectivity index (χ3v) is 8.52. The number of rotatable bonds is 8. The molecule has 2 aromatic carbocycles. The fraction of sp³-hybridized carbons (Fsp3) is 0.417. The van der Waals surface area contributed by atoms with E-state index < -0.39 is 30.1 Å². The van der Waals surface area contributed by atoms with Gasteiger partial charge in [-0.15, -0.1) is 0 Å². The van der Waals surface area contributed by atoms with Crippen LogP contribution in [0.2, 0.25) is 0 Å². The Bertz CT molecular complexity index is 1570. The van der Waals surface area contributed by atoms with Crippen molar-refractivity contribution >= 4 is 17.9 Å². The Hall–Kier alpha value is -4.97. The summed E-state index contributed by atoms with van der Waals surface area (Å²) in [6.07, 6.45) is 7.86. The number of aromatic nitrogens is 2. The highest BCUT2D eigenvalue weighted by Crippen LogP contribution is 2.27. The molecule has 1 radical (unpaired) electrons. The summed E-state index contributed by atoms with van der Waals surface area (Å²) in [4.78, 5) is 52.6. The van der Waals surface area contributed by atoms with E-state index in [0.717, 1.165) is 36.8 Å². The van der Waals surface area contributed by atoms with Crippen molar-refractivity contribution in [3.8, 4) is 28.9 Å². The van der Waals surface area contributed by atoms with Gasteiger partial charge in [-0.3, -0.25) is 9.69 Å². The van der Waals surface area contributed by atoms with E-state index in [1.807, 2.05) is 60.7 Å². The zero-order chi connectivity index (χ0) is 33.9. The molecular weight excluding hydrogens is 614 g/mol. The predicted octanol–water partition coefficient (Wildman–Crippen LogP) is 4.92. The highest BCUT2D eigenvalue weighted by Gasteiger charge is 2.53. The smallest absolute Gasteiger partial charge is 0.468 e. The minimum absolute atomic E-state index is 0.101. The first-order valence-electron chi connectivity index (χ1n) is 16.4. The molecule has 0 aliphatic carbocycles. The molecule has 3 amide bonds. The molecule has 48 heavy (non-hydrogen) atoms. The number of ether oxygens (including phenoxy) is 3. The standard InChI is InChI=1S/C36H43N5O7/c1-46-27-18-16-25(17-19-27)23-40-20-12-7-5-3-4-6-11-15-29(35(43)44)37-34(42)30-21-28(24-41(30)36(40)45)48-32-22-31(47-2)38-33(39-32)26-13-9-8-10-14-26/h4,6,8-10,13-14,16-19,22,28-30H,3,5,7,11-12,15,20-21,23-24H2,1-2H3,(H,37,42)(H,43,44)/q+1. The first-order valence-corrected chi connectivity index (χ1v) is 16.4. The van der Waals surface area contributed by atoms with Crippen molar-refractivity contribution in [1.29, 1.82) is 0 Å². The predicted molar refractivity (Wildman–Crippen MR) is 179 cm³/mol. The Kier molecular flexibility index (Phi) is 12.0. The molecule has 3 aromatic rings. The number of carboxylic acids is 1. The number of nitrogens with zero attached hydrogens (tertiary/aromatic N) is 4. The molecular formula is C36H43N5O7+. The molecule has 253 valence electrons. The fourth-order valence-electron chi connectivity index (χ4n) is 5.94. The number of hydrogen-bond acceptors (Lipinski definition) is 8. The monoisotopic (exact) mass is 657 g/mol. The van der Waals surface area contributed by atoms with Gasteiger partial charge in [0, 0.05) is 12.1 Å². The summed E-state index contributed by atoms with van der Waals surface area (Å²) in [6.45, 7) is 0.927. The molecule has 3 atom stereocenters. The van der Waals surface area contributed by atoms with E-state index in [4.69, 9.17) is 14.2 Å². The lowest BCUT2D eigenvalue weighted by Crippen LogP contribution is -2.56. The number of allylic oxidation sites excluding steroid dienone is 2.